The van der Waals surface area contributed by atoms with Crippen LogP contribution in [0, 0.1) is 0 Å². The normalized spacial score (nSPS) is 17.4. The molecular weight excluding hydrogens is 318 g/mol. The van der Waals surface area contributed by atoms with Crippen molar-refractivity contribution < 1.29 is 14.0 Å². The lowest BCUT2D eigenvalue weighted by molar-refractivity contribution is -0.120. The maximum Gasteiger partial charge on any atom is 0.291 e. The summed E-state index contributed by atoms with van der Waals surface area (Å²) in [5.41, 5.74) is 1.28. The van der Waals surface area contributed by atoms with Gasteiger partial charge < -0.3 is 15.1 Å². The molecule has 0 radical (unpaired) electrons. The summed E-state index contributed by atoms with van der Waals surface area (Å²) >= 11 is 0. The Bertz CT molecular complexity index is 727. The summed E-state index contributed by atoms with van der Waals surface area (Å²) in [5.74, 6) is -0.0607. The predicted octanol–water partition coefficient (Wildman–Crippen LogP) is 3.34. The third-order valence-corrected chi connectivity index (χ3v) is 4.31. The minimum Gasteiger partial charge on any atom is -0.459 e. The lowest BCUT2D eigenvalue weighted by Gasteiger charge is -2.23. The van der Waals surface area contributed by atoms with Crippen LogP contribution < -0.4 is 10.6 Å². The summed E-state index contributed by atoms with van der Waals surface area (Å²) in [6, 6.07) is 10.3. The second-order valence-electron chi connectivity index (χ2n) is 6.20. The number of carbonyl (C=O) groups excluding carboxylic acids is 2. The Morgan fingerprint density at radius 3 is 2.72 bits per heavy atom. The fourth-order valence-corrected chi connectivity index (χ4v) is 3.18. The van der Waals surface area contributed by atoms with Gasteiger partial charge >= 0.3 is 0 Å². The van der Waals surface area contributed by atoms with E-state index in [0.717, 1.165) is 32.4 Å². The number of amides is 2. The highest BCUT2D eigenvalue weighted by Crippen LogP contribution is 2.21. The lowest BCUT2D eigenvalue weighted by Crippen LogP contribution is -2.39. The molecule has 1 aromatic carbocycles. The smallest absolute Gasteiger partial charge is 0.291 e. The minimum atomic E-state index is -0.321. The predicted molar refractivity (Wildman–Crippen MR) is 96.6 cm³/mol. The molecule has 0 spiro atoms. The highest BCUT2D eigenvalue weighted by Gasteiger charge is 2.29. The number of rotatable bonds is 6. The topological polar surface area (TPSA) is 74.6 Å². The van der Waals surface area contributed by atoms with E-state index in [1.807, 2.05) is 6.07 Å². The molecule has 2 N–H and O–H groups in total. The largest absolute Gasteiger partial charge is 0.459 e. The number of nitrogens with one attached hydrogen (secondary N) is 2. The van der Waals surface area contributed by atoms with Crippen LogP contribution in [0.15, 0.2) is 47.1 Å². The van der Waals surface area contributed by atoms with Crippen molar-refractivity contribution in [3.8, 4) is 0 Å². The first-order chi connectivity index (χ1) is 12.2. The quantitative estimate of drug-likeness (QED) is 0.845. The zero-order valence-corrected chi connectivity index (χ0v) is 14.3. The standard InChI is InChI=1S/C19H23N3O3/c1-2-10-22-11-4-8-16(22)18(23)20-14-6-3-7-15(13-14)21-19(24)17-9-5-12-25-17/h3,5-7,9,12-13,16H,2,4,8,10-11H2,1H3,(H,20,23)(H,21,24)/t16-/m1/s1. The molecule has 1 fully saturated rings. The highest BCUT2D eigenvalue weighted by atomic mass is 16.3. The molecule has 1 aliphatic heterocycles. The molecule has 6 heteroatoms. The van der Waals surface area contributed by atoms with Gasteiger partial charge in [-0.2, -0.15) is 0 Å². The van der Waals surface area contributed by atoms with Gasteiger partial charge in [-0.05, 0) is 62.7 Å². The van der Waals surface area contributed by atoms with E-state index in [9.17, 15) is 9.59 Å². The van der Waals surface area contributed by atoms with Crippen molar-refractivity contribution >= 4 is 23.2 Å². The Kier molecular flexibility index (Phi) is 5.50. The lowest BCUT2D eigenvalue weighted by atomic mass is 10.2. The van der Waals surface area contributed by atoms with Crippen molar-refractivity contribution in [1.29, 1.82) is 0 Å². The molecule has 0 aliphatic carbocycles. The minimum absolute atomic E-state index is 0.0143. The van der Waals surface area contributed by atoms with Gasteiger partial charge in [0, 0.05) is 11.4 Å². The second kappa shape index (κ2) is 7.98. The van der Waals surface area contributed by atoms with Gasteiger partial charge in [0.05, 0.1) is 12.3 Å². The average molecular weight is 341 g/mol. The van der Waals surface area contributed by atoms with Gasteiger partial charge in [-0.15, -0.1) is 0 Å². The van der Waals surface area contributed by atoms with Crippen molar-refractivity contribution in [3.05, 3.63) is 48.4 Å². The van der Waals surface area contributed by atoms with Crippen LogP contribution in [0.25, 0.3) is 0 Å². The molecule has 6 nitrogen and oxygen atoms in total. The van der Waals surface area contributed by atoms with Crippen molar-refractivity contribution in [2.75, 3.05) is 23.7 Å². The number of benzene rings is 1. The van der Waals surface area contributed by atoms with E-state index in [4.69, 9.17) is 4.42 Å². The third kappa shape index (κ3) is 4.28. The van der Waals surface area contributed by atoms with Crippen LogP contribution in [0.5, 0.6) is 0 Å². The maximum absolute atomic E-state index is 12.6. The van der Waals surface area contributed by atoms with Gasteiger partial charge in [-0.1, -0.05) is 13.0 Å². The summed E-state index contributed by atoms with van der Waals surface area (Å²) in [4.78, 5) is 26.8. The average Bonchev–Trinajstić information content (AvgIpc) is 3.27. The Hall–Kier alpha value is -2.60. The van der Waals surface area contributed by atoms with Crippen molar-refractivity contribution in [2.45, 2.75) is 32.2 Å². The Morgan fingerprint density at radius 1 is 1.20 bits per heavy atom. The van der Waals surface area contributed by atoms with Crippen LogP contribution in [0.3, 0.4) is 0 Å². The first-order valence-electron chi connectivity index (χ1n) is 8.67. The molecule has 0 bridgehead atoms. The van der Waals surface area contributed by atoms with Crippen LogP contribution in [0.2, 0.25) is 0 Å². The number of carbonyl (C=O) groups is 2. The third-order valence-electron chi connectivity index (χ3n) is 4.31. The molecule has 1 saturated heterocycles. The number of anilines is 2. The summed E-state index contributed by atoms with van der Waals surface area (Å²) in [6.45, 7) is 4.04. The molecule has 1 atom stereocenters. The van der Waals surface area contributed by atoms with Crippen molar-refractivity contribution in [2.24, 2.45) is 0 Å². The molecule has 132 valence electrons. The van der Waals surface area contributed by atoms with Crippen LogP contribution in [0.1, 0.15) is 36.7 Å². The molecule has 2 heterocycles. The number of hydrogen-bond donors (Lipinski definition) is 2. The van der Waals surface area contributed by atoms with E-state index >= 15 is 0 Å². The van der Waals surface area contributed by atoms with Crippen LogP contribution in [0.4, 0.5) is 11.4 Å². The van der Waals surface area contributed by atoms with Crippen LogP contribution in [-0.2, 0) is 4.79 Å². The van der Waals surface area contributed by atoms with E-state index < -0.39 is 0 Å². The molecule has 3 rings (SSSR count). The number of likely N-dealkylation sites (tertiary alicyclic amines) is 1. The monoisotopic (exact) mass is 341 g/mol. The zero-order valence-electron chi connectivity index (χ0n) is 14.3. The zero-order chi connectivity index (χ0) is 17.6. The van der Waals surface area contributed by atoms with E-state index in [1.54, 1.807) is 30.3 Å². The summed E-state index contributed by atoms with van der Waals surface area (Å²) in [6.07, 6.45) is 4.44. The molecule has 2 amide bonds. The fraction of sp³-hybridized carbons (Fsp3) is 0.368. The van der Waals surface area contributed by atoms with E-state index in [1.165, 1.54) is 6.26 Å². The van der Waals surface area contributed by atoms with Gasteiger partial charge in [0.25, 0.3) is 5.91 Å². The van der Waals surface area contributed by atoms with Crippen LogP contribution >= 0.6 is 0 Å². The van der Waals surface area contributed by atoms with Gasteiger partial charge in [-0.25, -0.2) is 0 Å². The van der Waals surface area contributed by atoms with Gasteiger partial charge in [0.15, 0.2) is 5.76 Å². The van der Waals surface area contributed by atoms with Gasteiger partial charge in [-0.3, -0.25) is 14.5 Å². The fourth-order valence-electron chi connectivity index (χ4n) is 3.18. The maximum atomic E-state index is 12.6. The molecule has 0 unspecified atom stereocenters. The van der Waals surface area contributed by atoms with Crippen molar-refractivity contribution in [1.82, 2.24) is 4.90 Å². The molecule has 1 aromatic heterocycles. The molecular formula is C19H23N3O3. The van der Waals surface area contributed by atoms with Gasteiger partial charge in [0.2, 0.25) is 5.91 Å². The summed E-state index contributed by atoms with van der Waals surface area (Å²) in [5, 5.41) is 5.73. The second-order valence-corrected chi connectivity index (χ2v) is 6.20. The molecule has 2 aromatic rings. The van der Waals surface area contributed by atoms with E-state index in [-0.39, 0.29) is 23.6 Å². The Morgan fingerprint density at radius 2 is 2.00 bits per heavy atom. The summed E-state index contributed by atoms with van der Waals surface area (Å²) < 4.78 is 5.08. The van der Waals surface area contributed by atoms with E-state index in [0.29, 0.717) is 11.4 Å². The van der Waals surface area contributed by atoms with E-state index in [2.05, 4.69) is 22.5 Å². The first-order valence-corrected chi connectivity index (χ1v) is 8.67. The Labute approximate surface area is 147 Å². The Balaban J connectivity index is 1.63. The molecule has 25 heavy (non-hydrogen) atoms. The number of furan rings is 1. The number of nitrogens with zero attached hydrogens (tertiary/aromatic N) is 1. The van der Waals surface area contributed by atoms with Crippen LogP contribution in [-0.4, -0.2) is 35.8 Å². The molecule has 1 aliphatic rings. The number of hydrogen-bond acceptors (Lipinski definition) is 4. The highest BCUT2D eigenvalue weighted by molar-refractivity contribution is 6.03. The summed E-state index contributed by atoms with van der Waals surface area (Å²) in [7, 11) is 0. The molecule has 0 saturated carbocycles. The van der Waals surface area contributed by atoms with Crippen molar-refractivity contribution in [3.63, 3.8) is 0 Å². The SMILES string of the molecule is CCCN1CCC[C@@H]1C(=O)Nc1cccc(NC(=O)c2ccco2)c1. The van der Waals surface area contributed by atoms with Gasteiger partial charge in [0.1, 0.15) is 0 Å². The first kappa shape index (κ1) is 17.2.